The Bertz CT molecular complexity index is 4730. The fraction of sp³-hybridized carbons (Fsp3) is 0.600. The summed E-state index contributed by atoms with van der Waals surface area (Å²) in [6, 6.07) is 12.9. The summed E-state index contributed by atoms with van der Waals surface area (Å²) < 4.78 is 7.08. The Balaban J connectivity index is 0.000000142. The van der Waals surface area contributed by atoms with Crippen LogP contribution in [0.1, 0.15) is 300 Å². The van der Waals surface area contributed by atoms with E-state index >= 15 is 0 Å². The number of fused-ring (bicyclic) bond motifs is 3. The topological polar surface area (TPSA) is 289 Å². The average molecular weight is 1550 g/mol. The molecule has 0 aromatic carbocycles. The number of hydrogen-bond donors (Lipinski definition) is 6. The summed E-state index contributed by atoms with van der Waals surface area (Å²) in [6.07, 6.45) is 35.6. The number of nitrogens with one attached hydrogen (secondary N) is 3. The van der Waals surface area contributed by atoms with E-state index in [9.17, 15) is 29.7 Å². The summed E-state index contributed by atoms with van der Waals surface area (Å²) in [6.45, 7) is 26.7. The van der Waals surface area contributed by atoms with Gasteiger partial charge in [0.1, 0.15) is 16.9 Å². The molecular weight excluding hydrogens is 1430 g/mol. The zero-order valence-electron chi connectivity index (χ0n) is 69.3. The predicted octanol–water partition coefficient (Wildman–Crippen LogP) is 16.1. The first-order chi connectivity index (χ1) is 55.2. The third-order valence-electron chi connectivity index (χ3n) is 25.9. The van der Waals surface area contributed by atoms with Crippen molar-refractivity contribution >= 4 is 68.7 Å². The summed E-state index contributed by atoms with van der Waals surface area (Å²) in [4.78, 5) is 88.0. The number of aryl methyl sites for hydroxylation is 6. The van der Waals surface area contributed by atoms with E-state index < -0.39 is 0 Å². The zero-order chi connectivity index (χ0) is 79.8. The minimum Gasteiger partial charge on any atom is -0.393 e. The van der Waals surface area contributed by atoms with E-state index in [1.165, 1.54) is 29.5 Å². The molecule has 6 N–H and O–H groups in total. The van der Waals surface area contributed by atoms with E-state index in [2.05, 4.69) is 95.9 Å². The zero-order valence-corrected chi connectivity index (χ0v) is 69.3. The number of aliphatic hydroxyl groups is 3. The first kappa shape index (κ1) is 81.6. The van der Waals surface area contributed by atoms with Gasteiger partial charge in [0.15, 0.2) is 0 Å². The van der Waals surface area contributed by atoms with Crippen molar-refractivity contribution in [1.82, 2.24) is 73.3 Å². The van der Waals surface area contributed by atoms with Gasteiger partial charge in [0, 0.05) is 181 Å². The van der Waals surface area contributed by atoms with Gasteiger partial charge in [-0.05, 0) is 253 Å². The van der Waals surface area contributed by atoms with Gasteiger partial charge in [0.2, 0.25) is 17.8 Å². The first-order valence-corrected chi connectivity index (χ1v) is 43.3. The first-order valence-electron chi connectivity index (χ1n) is 43.3. The molecule has 114 heavy (non-hydrogen) atoms. The lowest BCUT2D eigenvalue weighted by molar-refractivity contribution is 0.0705. The number of piperidine rings is 3. The molecule has 3 saturated heterocycles. The number of aromatic nitrogens is 12. The van der Waals surface area contributed by atoms with Crippen LogP contribution in [0.2, 0.25) is 0 Å². The van der Waals surface area contributed by atoms with Crippen LogP contribution in [0.15, 0.2) is 73.6 Å². The van der Waals surface area contributed by atoms with Crippen molar-refractivity contribution in [3.8, 4) is 0 Å². The highest BCUT2D eigenvalue weighted by Crippen LogP contribution is 2.44. The molecule has 4 aliphatic carbocycles. The molecule has 0 bridgehead atoms. The van der Waals surface area contributed by atoms with Crippen LogP contribution in [0, 0.1) is 53.4 Å². The highest BCUT2D eigenvalue weighted by atomic mass is 16.3. The van der Waals surface area contributed by atoms with Crippen LogP contribution in [0.4, 0.5) is 17.8 Å². The van der Waals surface area contributed by atoms with Crippen molar-refractivity contribution in [1.29, 1.82) is 0 Å². The molecule has 12 heterocycles. The van der Waals surface area contributed by atoms with E-state index in [0.717, 1.165) is 289 Å². The lowest BCUT2D eigenvalue weighted by atomic mass is 9.89. The van der Waals surface area contributed by atoms with Crippen molar-refractivity contribution in [2.75, 3.05) is 68.3 Å². The van der Waals surface area contributed by atoms with Crippen LogP contribution >= 0.6 is 0 Å². The maximum atomic E-state index is 13.2. The molecule has 7 fully saturated rings. The fourth-order valence-corrected chi connectivity index (χ4v) is 19.1. The molecule has 0 radical (unpaired) electrons. The molecular formula is C90H124N18O6. The number of nitrogens with zero attached hydrogens (tertiary/aromatic N) is 15. The molecule has 16 rings (SSSR count). The van der Waals surface area contributed by atoms with Gasteiger partial charge >= 0.3 is 0 Å². The van der Waals surface area contributed by atoms with Crippen LogP contribution in [0.5, 0.6) is 0 Å². The Morgan fingerprint density at radius 1 is 0.421 bits per heavy atom. The number of pyridine rings is 3. The lowest BCUT2D eigenvalue weighted by Crippen LogP contribution is -2.38. The molecule has 610 valence electrons. The molecule has 3 amide bonds. The van der Waals surface area contributed by atoms with Gasteiger partial charge in [0.25, 0.3) is 17.7 Å². The van der Waals surface area contributed by atoms with E-state index in [0.29, 0.717) is 59.7 Å². The third-order valence-corrected chi connectivity index (χ3v) is 25.9. The van der Waals surface area contributed by atoms with Crippen LogP contribution in [0.3, 0.4) is 0 Å². The second kappa shape index (κ2) is 36.9. The number of unbranched alkanes of at least 4 members (excludes halogenated alkanes) is 1. The molecule has 7 aliphatic rings. The Kier molecular flexibility index (Phi) is 26.4. The monoisotopic (exact) mass is 1550 g/mol. The van der Waals surface area contributed by atoms with Crippen LogP contribution < -0.4 is 16.0 Å². The highest BCUT2D eigenvalue weighted by molar-refractivity contribution is 5.96. The maximum absolute atomic E-state index is 13.2. The standard InChI is InChI=1S/C31H44N6O2.C30H40N6O2.C29H40N6O2/c1-5-22(6-2)17-32-31-33-18-27-28(19-37(29(27)35-31)25-7-9-26(38)10-8-25)23-11-13-36(14-12-23)30(39)24-15-20(3)34-21(4)16-24;1-4-20-15-27(20)33-30-31-16-25-26(17-36(28(25)34-30)23-5-7-24(37)8-6-23)21-9-11-35(12-10-21)29(38)22-13-18(2)32-19(3)14-22;1-4-5-12-30-29-31-17-25-26(18-35(27(25)33-29)23-6-8-24(36)9-7-23)21-10-13-34(14-11-21)28(37)22-15-19(2)32-20(3)16-22/h15-16,18-19,22-23,25-26,38H,5-14,17H2,1-4H3,(H,32,33,35);13-14,16-17,20-21,23-24,27,37H,4-12,15H2,1-3H3,(H,31,33,34);15-18,21,23-24,36H,4-14H2,1-3H3,(H,30,31,33)/t;20-,23?,24?,27-;/m.0./s1. The number of hydrogen-bond acceptors (Lipinski definition) is 18. The Hall–Kier alpha value is -9.00. The van der Waals surface area contributed by atoms with Gasteiger partial charge in [-0.2, -0.15) is 15.0 Å². The number of carbonyl (C=O) groups excluding carboxylic acids is 3. The largest absolute Gasteiger partial charge is 0.393 e. The van der Waals surface area contributed by atoms with Gasteiger partial charge < -0.3 is 59.7 Å². The predicted molar refractivity (Wildman–Crippen MR) is 450 cm³/mol. The summed E-state index contributed by atoms with van der Waals surface area (Å²) >= 11 is 0. The summed E-state index contributed by atoms with van der Waals surface area (Å²) in [7, 11) is 0. The minimum atomic E-state index is -0.191. The number of carbonyl (C=O) groups is 3. The quantitative estimate of drug-likeness (QED) is 0.0364. The fourth-order valence-electron chi connectivity index (χ4n) is 19.1. The molecule has 4 saturated carbocycles. The van der Waals surface area contributed by atoms with Crippen LogP contribution in [-0.4, -0.2) is 183 Å². The van der Waals surface area contributed by atoms with E-state index in [-0.39, 0.29) is 36.0 Å². The van der Waals surface area contributed by atoms with E-state index in [4.69, 9.17) is 24.9 Å². The molecule has 9 aromatic rings. The van der Waals surface area contributed by atoms with Gasteiger partial charge in [-0.15, -0.1) is 0 Å². The van der Waals surface area contributed by atoms with Crippen LogP contribution in [-0.2, 0) is 0 Å². The lowest BCUT2D eigenvalue weighted by Gasteiger charge is -2.32. The Morgan fingerprint density at radius 2 is 0.737 bits per heavy atom. The van der Waals surface area contributed by atoms with Crippen molar-refractivity contribution in [2.24, 2.45) is 11.8 Å². The van der Waals surface area contributed by atoms with Gasteiger partial charge in [-0.25, -0.2) is 15.0 Å². The second-order valence-electron chi connectivity index (χ2n) is 34.3. The third kappa shape index (κ3) is 19.2. The van der Waals surface area contributed by atoms with Crippen molar-refractivity contribution in [2.45, 2.75) is 284 Å². The molecule has 24 nitrogen and oxygen atoms in total. The minimum absolute atomic E-state index is 0.0985. The summed E-state index contributed by atoms with van der Waals surface area (Å²) in [5.41, 5.74) is 14.4. The van der Waals surface area contributed by atoms with Crippen LogP contribution in [0.25, 0.3) is 33.1 Å². The summed E-state index contributed by atoms with van der Waals surface area (Å²) in [5.74, 6) is 4.84. The SMILES string of the molecule is CCC(CC)CNc1ncc2c(C3CCN(C(=O)c4cc(C)nc(C)c4)CC3)cn(C3CCC(O)CC3)c2n1.CCCCNc1ncc2c(C3CCN(C(=O)c4cc(C)nc(C)c4)CC3)cn(C3CCC(O)CC3)c2n1.CC[C@H]1C[C@@H]1Nc1ncc2c(C3CCN(C(=O)c4cc(C)nc(C)c4)CC3)cn(C3CCC(O)CC3)c2n1. The Labute approximate surface area is 673 Å². The van der Waals surface area contributed by atoms with Gasteiger partial charge in [0.05, 0.1) is 18.3 Å². The number of amides is 3. The van der Waals surface area contributed by atoms with E-state index in [1.807, 2.05) is 111 Å². The number of anilines is 3. The highest BCUT2D eigenvalue weighted by Gasteiger charge is 2.38. The maximum Gasteiger partial charge on any atom is 0.253 e. The average Bonchev–Trinajstić information content (AvgIpc) is 1.62. The van der Waals surface area contributed by atoms with Gasteiger partial charge in [-0.1, -0.05) is 53.4 Å². The molecule has 9 aromatic heterocycles. The smallest absolute Gasteiger partial charge is 0.253 e. The number of rotatable bonds is 21. The van der Waals surface area contributed by atoms with Crippen molar-refractivity contribution in [3.63, 3.8) is 0 Å². The van der Waals surface area contributed by atoms with Gasteiger partial charge in [-0.3, -0.25) is 29.3 Å². The molecule has 2 atom stereocenters. The molecule has 0 unspecified atom stereocenters. The molecule has 0 spiro atoms. The second-order valence-corrected chi connectivity index (χ2v) is 34.3. The van der Waals surface area contributed by atoms with E-state index in [1.54, 1.807) is 0 Å². The number of aliphatic hydroxyl groups excluding tert-OH is 3. The van der Waals surface area contributed by atoms with Crippen molar-refractivity contribution in [3.05, 3.63) is 141 Å². The number of likely N-dealkylation sites (tertiary alicyclic amines) is 3. The molecule has 3 aliphatic heterocycles. The summed E-state index contributed by atoms with van der Waals surface area (Å²) in [5, 5.41) is 44.1. The molecule has 24 heteroatoms. The van der Waals surface area contributed by atoms with Crippen molar-refractivity contribution < 1.29 is 29.7 Å². The Morgan fingerprint density at radius 3 is 1.04 bits per heavy atom. The normalized spacial score (nSPS) is 22.5.